The molecule has 0 N–H and O–H groups in total. The number of sulfonamides is 1. The van der Waals surface area contributed by atoms with Gasteiger partial charge in [-0.05, 0) is 46.6 Å². The first-order valence-electron chi connectivity index (χ1n) is 9.02. The molecule has 1 amide bonds. The number of anilines is 1. The molecule has 0 spiro atoms. The van der Waals surface area contributed by atoms with Crippen molar-refractivity contribution in [3.8, 4) is 0 Å². The smallest absolute Gasteiger partial charge is 0.243 e. The topological polar surface area (TPSA) is 60.9 Å². The van der Waals surface area contributed by atoms with Crippen LogP contribution >= 0.6 is 27.3 Å². The Labute approximate surface area is 178 Å². The zero-order valence-corrected chi connectivity index (χ0v) is 19.2. The van der Waals surface area contributed by atoms with Crippen LogP contribution in [-0.4, -0.2) is 63.1 Å². The summed E-state index contributed by atoms with van der Waals surface area (Å²) in [7, 11) is -3.55. The SMILES string of the molecule is Cc1ccccc1N(CC(=O)N1CCN(Cc2ccc(Br)s2)CC1)S(C)(=O)=O. The molecule has 0 aliphatic carbocycles. The van der Waals surface area contributed by atoms with E-state index in [1.54, 1.807) is 28.4 Å². The number of hydrogen-bond donors (Lipinski definition) is 0. The van der Waals surface area contributed by atoms with E-state index in [4.69, 9.17) is 0 Å². The van der Waals surface area contributed by atoms with Crippen molar-refractivity contribution in [3.63, 3.8) is 0 Å². The number of thiophene rings is 1. The maximum absolute atomic E-state index is 12.8. The molecule has 1 fully saturated rings. The number of halogens is 1. The summed E-state index contributed by atoms with van der Waals surface area (Å²) in [6.45, 7) is 5.33. The van der Waals surface area contributed by atoms with E-state index >= 15 is 0 Å². The fraction of sp³-hybridized carbons (Fsp3) is 0.421. The number of carbonyl (C=O) groups excluding carboxylic acids is 1. The van der Waals surface area contributed by atoms with Crippen LogP contribution in [0, 0.1) is 6.92 Å². The number of amides is 1. The monoisotopic (exact) mass is 485 g/mol. The minimum atomic E-state index is -3.55. The summed E-state index contributed by atoms with van der Waals surface area (Å²) >= 11 is 5.20. The zero-order chi connectivity index (χ0) is 20.3. The lowest BCUT2D eigenvalue weighted by molar-refractivity contribution is -0.131. The van der Waals surface area contributed by atoms with Gasteiger partial charge in [-0.15, -0.1) is 11.3 Å². The fourth-order valence-corrected chi connectivity index (χ4v) is 5.69. The van der Waals surface area contributed by atoms with E-state index in [1.165, 1.54) is 9.18 Å². The highest BCUT2D eigenvalue weighted by Crippen LogP contribution is 2.24. The van der Waals surface area contributed by atoms with E-state index in [1.807, 2.05) is 25.1 Å². The van der Waals surface area contributed by atoms with Gasteiger partial charge in [-0.2, -0.15) is 0 Å². The van der Waals surface area contributed by atoms with Crippen molar-refractivity contribution in [2.24, 2.45) is 0 Å². The third-order valence-corrected chi connectivity index (χ3v) is 7.53. The number of aryl methyl sites for hydroxylation is 1. The highest BCUT2D eigenvalue weighted by Gasteiger charge is 2.27. The summed E-state index contributed by atoms with van der Waals surface area (Å²) in [6, 6.07) is 11.4. The van der Waals surface area contributed by atoms with E-state index in [2.05, 4.69) is 26.9 Å². The molecule has 28 heavy (non-hydrogen) atoms. The second-order valence-electron chi connectivity index (χ2n) is 6.92. The summed E-state index contributed by atoms with van der Waals surface area (Å²) in [4.78, 5) is 18.2. The van der Waals surface area contributed by atoms with Crippen LogP contribution in [-0.2, 0) is 21.4 Å². The van der Waals surface area contributed by atoms with Crippen LogP contribution < -0.4 is 4.31 Å². The van der Waals surface area contributed by atoms with Crippen LogP contribution in [0.2, 0.25) is 0 Å². The van der Waals surface area contributed by atoms with Crippen LogP contribution in [0.3, 0.4) is 0 Å². The molecule has 2 heterocycles. The summed E-state index contributed by atoms with van der Waals surface area (Å²) in [5.41, 5.74) is 1.38. The Morgan fingerprint density at radius 2 is 1.82 bits per heavy atom. The summed E-state index contributed by atoms with van der Waals surface area (Å²) < 4.78 is 26.9. The Morgan fingerprint density at radius 3 is 2.39 bits per heavy atom. The molecule has 1 aromatic heterocycles. The standard InChI is InChI=1S/C19H24BrN3O3S2/c1-15-5-3-4-6-17(15)23(28(2,25)26)14-19(24)22-11-9-21(10-12-22)13-16-7-8-18(20)27-16/h3-8H,9-14H2,1-2H3. The number of nitrogens with zero attached hydrogens (tertiary/aromatic N) is 3. The molecule has 0 saturated carbocycles. The average Bonchev–Trinajstić information content (AvgIpc) is 3.05. The molecule has 1 saturated heterocycles. The van der Waals surface area contributed by atoms with E-state index in [-0.39, 0.29) is 12.5 Å². The predicted molar refractivity (Wildman–Crippen MR) is 117 cm³/mol. The maximum Gasteiger partial charge on any atom is 0.243 e. The predicted octanol–water partition coefficient (Wildman–Crippen LogP) is 2.93. The van der Waals surface area contributed by atoms with Gasteiger partial charge in [-0.1, -0.05) is 18.2 Å². The summed E-state index contributed by atoms with van der Waals surface area (Å²) in [5.74, 6) is -0.160. The number of hydrogen-bond acceptors (Lipinski definition) is 5. The number of piperazine rings is 1. The van der Waals surface area contributed by atoms with Gasteiger partial charge < -0.3 is 4.90 Å². The van der Waals surface area contributed by atoms with Crippen LogP contribution in [0.1, 0.15) is 10.4 Å². The lowest BCUT2D eigenvalue weighted by Gasteiger charge is -2.35. The highest BCUT2D eigenvalue weighted by molar-refractivity contribution is 9.11. The van der Waals surface area contributed by atoms with Crippen LogP contribution in [0.5, 0.6) is 0 Å². The molecule has 0 unspecified atom stereocenters. The Bertz CT molecular complexity index is 937. The average molecular weight is 486 g/mol. The van der Waals surface area contributed by atoms with E-state index < -0.39 is 10.0 Å². The van der Waals surface area contributed by atoms with Crippen molar-refractivity contribution in [1.82, 2.24) is 9.80 Å². The number of benzene rings is 1. The molecule has 9 heteroatoms. The van der Waals surface area contributed by atoms with Crippen molar-refractivity contribution >= 4 is 48.9 Å². The summed E-state index contributed by atoms with van der Waals surface area (Å²) in [5, 5.41) is 0. The van der Waals surface area contributed by atoms with Gasteiger partial charge in [0.25, 0.3) is 0 Å². The first-order valence-corrected chi connectivity index (χ1v) is 12.5. The van der Waals surface area contributed by atoms with Crippen molar-refractivity contribution in [2.75, 3.05) is 43.3 Å². The quantitative estimate of drug-likeness (QED) is 0.630. The van der Waals surface area contributed by atoms with E-state index in [0.29, 0.717) is 18.8 Å². The van der Waals surface area contributed by atoms with Crippen LogP contribution in [0.25, 0.3) is 0 Å². The van der Waals surface area contributed by atoms with Gasteiger partial charge >= 0.3 is 0 Å². The molecule has 1 aliphatic rings. The second-order valence-corrected chi connectivity index (χ2v) is 11.4. The number of rotatable bonds is 6. The molecule has 6 nitrogen and oxygen atoms in total. The molecule has 2 aromatic rings. The third-order valence-electron chi connectivity index (χ3n) is 4.80. The molecular formula is C19H24BrN3O3S2. The zero-order valence-electron chi connectivity index (χ0n) is 16.0. The maximum atomic E-state index is 12.8. The van der Waals surface area contributed by atoms with Crippen LogP contribution in [0.4, 0.5) is 5.69 Å². The van der Waals surface area contributed by atoms with Gasteiger partial charge in [0, 0.05) is 37.6 Å². The molecular weight excluding hydrogens is 462 g/mol. The highest BCUT2D eigenvalue weighted by atomic mass is 79.9. The van der Waals surface area contributed by atoms with Gasteiger partial charge in [0.2, 0.25) is 15.9 Å². The van der Waals surface area contributed by atoms with Crippen molar-refractivity contribution < 1.29 is 13.2 Å². The Balaban J connectivity index is 1.61. The van der Waals surface area contributed by atoms with Crippen molar-refractivity contribution in [3.05, 3.63) is 50.6 Å². The van der Waals surface area contributed by atoms with Crippen molar-refractivity contribution in [1.29, 1.82) is 0 Å². The number of para-hydroxylation sites is 1. The Morgan fingerprint density at radius 1 is 1.14 bits per heavy atom. The molecule has 1 aliphatic heterocycles. The van der Waals surface area contributed by atoms with E-state index in [9.17, 15) is 13.2 Å². The first kappa shape index (κ1) is 21.3. The Hall–Kier alpha value is -1.42. The molecule has 1 aromatic carbocycles. The molecule has 0 atom stereocenters. The van der Waals surface area contributed by atoms with Crippen molar-refractivity contribution in [2.45, 2.75) is 13.5 Å². The lowest BCUT2D eigenvalue weighted by Crippen LogP contribution is -2.51. The molecule has 3 rings (SSSR count). The van der Waals surface area contributed by atoms with Gasteiger partial charge in [0.05, 0.1) is 15.7 Å². The largest absolute Gasteiger partial charge is 0.339 e. The minimum absolute atomic E-state index is 0.160. The third kappa shape index (κ3) is 5.34. The molecule has 0 bridgehead atoms. The lowest BCUT2D eigenvalue weighted by atomic mass is 10.2. The molecule has 0 radical (unpaired) electrons. The number of carbonyl (C=O) groups is 1. The van der Waals surface area contributed by atoms with Gasteiger partial charge in [0.1, 0.15) is 6.54 Å². The van der Waals surface area contributed by atoms with Gasteiger partial charge in [-0.25, -0.2) is 8.42 Å². The van der Waals surface area contributed by atoms with Gasteiger partial charge in [-0.3, -0.25) is 14.0 Å². The Kier molecular flexibility index (Phi) is 6.80. The second kappa shape index (κ2) is 8.94. The van der Waals surface area contributed by atoms with E-state index in [0.717, 1.165) is 35.2 Å². The van der Waals surface area contributed by atoms with Gasteiger partial charge in [0.15, 0.2) is 0 Å². The minimum Gasteiger partial charge on any atom is -0.339 e. The first-order chi connectivity index (χ1) is 13.2. The summed E-state index contributed by atoms with van der Waals surface area (Å²) in [6.07, 6.45) is 1.14. The molecule has 152 valence electrons. The van der Waals surface area contributed by atoms with Crippen LogP contribution in [0.15, 0.2) is 40.2 Å². The fourth-order valence-electron chi connectivity index (χ4n) is 3.26. The normalized spacial score (nSPS) is 15.6.